The highest BCUT2D eigenvalue weighted by Gasteiger charge is 2.08. The van der Waals surface area contributed by atoms with Crippen molar-refractivity contribution in [2.45, 2.75) is 6.54 Å². The highest BCUT2D eigenvalue weighted by molar-refractivity contribution is 14.1. The maximum atomic E-state index is 11.8. The standard InChI is InChI=1S/C12H9ClINO2/c13-10-6-8(3-4-11(10)14)12(16)15-7-9-2-1-5-17-9/h1-6H,7H2,(H,15,16). The Balaban J connectivity index is 2.02. The molecule has 2 aromatic rings. The Bertz CT molecular complexity index is 525. The van der Waals surface area contributed by atoms with E-state index in [2.05, 4.69) is 27.9 Å². The first kappa shape index (κ1) is 12.4. The number of carbonyl (C=O) groups excluding carboxylic acids is 1. The van der Waals surface area contributed by atoms with Crippen molar-refractivity contribution in [3.63, 3.8) is 0 Å². The number of furan rings is 1. The zero-order valence-corrected chi connectivity index (χ0v) is 11.7. The lowest BCUT2D eigenvalue weighted by Crippen LogP contribution is -2.22. The number of hydrogen-bond acceptors (Lipinski definition) is 2. The number of nitrogens with one attached hydrogen (secondary N) is 1. The molecule has 0 saturated carbocycles. The summed E-state index contributed by atoms with van der Waals surface area (Å²) in [5, 5.41) is 3.33. The summed E-state index contributed by atoms with van der Waals surface area (Å²) in [6.45, 7) is 0.370. The second kappa shape index (κ2) is 5.55. The monoisotopic (exact) mass is 361 g/mol. The summed E-state index contributed by atoms with van der Waals surface area (Å²) in [7, 11) is 0. The molecule has 3 nitrogen and oxygen atoms in total. The van der Waals surface area contributed by atoms with Crippen LogP contribution in [-0.4, -0.2) is 5.91 Å². The SMILES string of the molecule is O=C(NCc1ccco1)c1ccc(I)c(Cl)c1. The van der Waals surface area contributed by atoms with Crippen LogP contribution in [-0.2, 0) is 6.54 Å². The van der Waals surface area contributed by atoms with Crippen molar-refractivity contribution >= 4 is 40.1 Å². The van der Waals surface area contributed by atoms with Crippen LogP contribution in [0.2, 0.25) is 5.02 Å². The van der Waals surface area contributed by atoms with Crippen LogP contribution >= 0.6 is 34.2 Å². The molecule has 1 heterocycles. The van der Waals surface area contributed by atoms with Crippen LogP contribution in [0.5, 0.6) is 0 Å². The minimum Gasteiger partial charge on any atom is -0.467 e. The number of rotatable bonds is 3. The summed E-state index contributed by atoms with van der Waals surface area (Å²) in [6.07, 6.45) is 1.57. The van der Waals surface area contributed by atoms with E-state index in [4.69, 9.17) is 16.0 Å². The molecular formula is C12H9ClINO2. The molecule has 0 atom stereocenters. The fourth-order valence-corrected chi connectivity index (χ4v) is 1.84. The molecule has 0 aliphatic carbocycles. The molecule has 0 radical (unpaired) electrons. The molecule has 0 aliphatic rings. The van der Waals surface area contributed by atoms with Crippen LogP contribution in [0.15, 0.2) is 41.0 Å². The first-order valence-corrected chi connectivity index (χ1v) is 6.38. The first-order valence-electron chi connectivity index (χ1n) is 4.92. The maximum Gasteiger partial charge on any atom is 0.251 e. The topological polar surface area (TPSA) is 42.2 Å². The van der Waals surface area contributed by atoms with Gasteiger partial charge in [-0.2, -0.15) is 0 Å². The molecule has 88 valence electrons. The van der Waals surface area contributed by atoms with E-state index >= 15 is 0 Å². The minimum absolute atomic E-state index is 0.167. The van der Waals surface area contributed by atoms with E-state index in [0.717, 1.165) is 9.33 Å². The third kappa shape index (κ3) is 3.23. The van der Waals surface area contributed by atoms with Crippen LogP contribution in [0.1, 0.15) is 16.1 Å². The predicted octanol–water partition coefficient (Wildman–Crippen LogP) is 3.47. The Morgan fingerprint density at radius 1 is 1.41 bits per heavy atom. The van der Waals surface area contributed by atoms with Gasteiger partial charge in [0.25, 0.3) is 5.91 Å². The molecule has 0 spiro atoms. The molecule has 2 rings (SSSR count). The van der Waals surface area contributed by atoms with E-state index in [9.17, 15) is 4.79 Å². The fraction of sp³-hybridized carbons (Fsp3) is 0.0833. The quantitative estimate of drug-likeness (QED) is 0.851. The Morgan fingerprint density at radius 3 is 2.88 bits per heavy atom. The molecule has 1 N–H and O–H groups in total. The Morgan fingerprint density at radius 2 is 2.24 bits per heavy atom. The lowest BCUT2D eigenvalue weighted by atomic mass is 10.2. The third-order valence-corrected chi connectivity index (χ3v) is 3.76. The molecule has 5 heteroatoms. The van der Waals surface area contributed by atoms with Gasteiger partial charge in [0.15, 0.2) is 0 Å². The summed E-state index contributed by atoms with van der Waals surface area (Å²) < 4.78 is 6.04. The van der Waals surface area contributed by atoms with E-state index in [1.54, 1.807) is 30.5 Å². The van der Waals surface area contributed by atoms with Gasteiger partial charge < -0.3 is 9.73 Å². The van der Waals surface area contributed by atoms with Gasteiger partial charge in [-0.15, -0.1) is 0 Å². The molecule has 0 unspecified atom stereocenters. The van der Waals surface area contributed by atoms with E-state index in [1.807, 2.05) is 6.07 Å². The lowest BCUT2D eigenvalue weighted by Gasteiger charge is -2.04. The van der Waals surface area contributed by atoms with Crippen molar-refractivity contribution in [2.24, 2.45) is 0 Å². The summed E-state index contributed by atoms with van der Waals surface area (Å²) in [5.74, 6) is 0.551. The Kier molecular flexibility index (Phi) is 4.06. The third-order valence-electron chi connectivity index (χ3n) is 2.19. The van der Waals surface area contributed by atoms with E-state index in [0.29, 0.717) is 17.1 Å². The summed E-state index contributed by atoms with van der Waals surface area (Å²) >= 11 is 8.07. The van der Waals surface area contributed by atoms with Crippen LogP contribution < -0.4 is 5.32 Å². The molecule has 17 heavy (non-hydrogen) atoms. The zero-order valence-electron chi connectivity index (χ0n) is 8.74. The van der Waals surface area contributed by atoms with Crippen molar-refractivity contribution in [3.05, 3.63) is 56.5 Å². The molecule has 0 saturated heterocycles. The van der Waals surface area contributed by atoms with Crippen LogP contribution in [0, 0.1) is 3.57 Å². The zero-order chi connectivity index (χ0) is 12.3. The molecular weight excluding hydrogens is 352 g/mol. The molecule has 0 fully saturated rings. The van der Waals surface area contributed by atoms with E-state index in [1.165, 1.54) is 0 Å². The molecule has 0 bridgehead atoms. The normalized spacial score (nSPS) is 10.2. The van der Waals surface area contributed by atoms with Gasteiger partial charge in [-0.05, 0) is 52.9 Å². The number of halogens is 2. The second-order valence-electron chi connectivity index (χ2n) is 3.39. The largest absolute Gasteiger partial charge is 0.467 e. The average Bonchev–Trinajstić information content (AvgIpc) is 2.82. The summed E-state index contributed by atoms with van der Waals surface area (Å²) in [6, 6.07) is 8.79. The van der Waals surface area contributed by atoms with Gasteiger partial charge in [-0.3, -0.25) is 4.79 Å². The Hall–Kier alpha value is -1.01. The smallest absolute Gasteiger partial charge is 0.251 e. The van der Waals surface area contributed by atoms with Crippen molar-refractivity contribution in [2.75, 3.05) is 0 Å². The van der Waals surface area contributed by atoms with Crippen LogP contribution in [0.25, 0.3) is 0 Å². The number of amides is 1. The van der Waals surface area contributed by atoms with E-state index in [-0.39, 0.29) is 5.91 Å². The van der Waals surface area contributed by atoms with Gasteiger partial charge >= 0.3 is 0 Å². The maximum absolute atomic E-state index is 11.8. The van der Waals surface area contributed by atoms with Gasteiger partial charge in [0.2, 0.25) is 0 Å². The highest BCUT2D eigenvalue weighted by atomic mass is 127. The number of carbonyl (C=O) groups is 1. The van der Waals surface area contributed by atoms with Gasteiger partial charge in [0, 0.05) is 9.13 Å². The fourth-order valence-electron chi connectivity index (χ4n) is 1.32. The molecule has 1 aromatic carbocycles. The Labute approximate surface area is 117 Å². The minimum atomic E-state index is -0.167. The summed E-state index contributed by atoms with van der Waals surface area (Å²) in [4.78, 5) is 11.8. The van der Waals surface area contributed by atoms with Crippen molar-refractivity contribution in [1.82, 2.24) is 5.32 Å². The lowest BCUT2D eigenvalue weighted by molar-refractivity contribution is 0.0948. The molecule has 0 aliphatic heterocycles. The van der Waals surface area contributed by atoms with Crippen LogP contribution in [0.3, 0.4) is 0 Å². The average molecular weight is 362 g/mol. The van der Waals surface area contributed by atoms with Crippen molar-refractivity contribution < 1.29 is 9.21 Å². The predicted molar refractivity (Wildman–Crippen MR) is 74.0 cm³/mol. The van der Waals surface area contributed by atoms with Gasteiger partial charge in [0.05, 0.1) is 17.8 Å². The molecule has 1 aromatic heterocycles. The second-order valence-corrected chi connectivity index (χ2v) is 4.96. The highest BCUT2D eigenvalue weighted by Crippen LogP contribution is 2.19. The van der Waals surface area contributed by atoms with Crippen molar-refractivity contribution in [3.8, 4) is 0 Å². The number of hydrogen-bond donors (Lipinski definition) is 1. The van der Waals surface area contributed by atoms with E-state index < -0.39 is 0 Å². The van der Waals surface area contributed by atoms with Gasteiger partial charge in [0.1, 0.15) is 5.76 Å². The first-order chi connectivity index (χ1) is 8.16. The number of benzene rings is 1. The van der Waals surface area contributed by atoms with Crippen molar-refractivity contribution in [1.29, 1.82) is 0 Å². The van der Waals surface area contributed by atoms with Gasteiger partial charge in [-0.1, -0.05) is 11.6 Å². The summed E-state index contributed by atoms with van der Waals surface area (Å²) in [5.41, 5.74) is 0.543. The van der Waals surface area contributed by atoms with Crippen LogP contribution in [0.4, 0.5) is 0 Å². The molecule has 1 amide bonds. The van der Waals surface area contributed by atoms with Gasteiger partial charge in [-0.25, -0.2) is 0 Å².